The van der Waals surface area contributed by atoms with Crippen LogP contribution in [0.1, 0.15) is 19.8 Å². The Balaban J connectivity index is 2.29. The molecule has 0 aliphatic carbocycles. The highest BCUT2D eigenvalue weighted by Crippen LogP contribution is 2.11. The van der Waals surface area contributed by atoms with E-state index in [0.29, 0.717) is 6.04 Å². The first-order valence-corrected chi connectivity index (χ1v) is 4.90. The lowest BCUT2D eigenvalue weighted by atomic mass is 10.2. The minimum Gasteiger partial charge on any atom is -0.380 e. The highest BCUT2D eigenvalue weighted by Gasteiger charge is 2.21. The Morgan fingerprint density at radius 2 is 2.33 bits per heavy atom. The Hall–Kier alpha value is -0.120. The van der Waals surface area contributed by atoms with Crippen LogP contribution in [0.25, 0.3) is 0 Å². The van der Waals surface area contributed by atoms with Crippen LogP contribution in [0.2, 0.25) is 0 Å². The zero-order valence-electron chi connectivity index (χ0n) is 7.96. The van der Waals surface area contributed by atoms with Gasteiger partial charge in [-0.15, -0.1) is 0 Å². The second-order valence-corrected chi connectivity index (χ2v) is 3.34. The van der Waals surface area contributed by atoms with Gasteiger partial charge in [0.2, 0.25) is 0 Å². The van der Waals surface area contributed by atoms with Gasteiger partial charge in [-0.05, 0) is 19.4 Å². The summed E-state index contributed by atoms with van der Waals surface area (Å²) in [6.45, 7) is 6.97. The molecular weight excluding hydrogens is 152 g/mol. The van der Waals surface area contributed by atoms with Crippen molar-refractivity contribution in [2.45, 2.75) is 25.8 Å². The van der Waals surface area contributed by atoms with E-state index >= 15 is 0 Å². The van der Waals surface area contributed by atoms with E-state index in [4.69, 9.17) is 10.5 Å². The second kappa shape index (κ2) is 5.51. The molecule has 1 heterocycles. The van der Waals surface area contributed by atoms with Crippen LogP contribution >= 0.6 is 0 Å². The Kier molecular flexibility index (Phi) is 4.58. The van der Waals surface area contributed by atoms with Gasteiger partial charge in [0, 0.05) is 25.7 Å². The largest absolute Gasteiger partial charge is 0.380 e. The van der Waals surface area contributed by atoms with Crippen LogP contribution in [0.3, 0.4) is 0 Å². The molecule has 0 amide bonds. The van der Waals surface area contributed by atoms with E-state index in [0.717, 1.165) is 32.8 Å². The fourth-order valence-corrected chi connectivity index (χ4v) is 1.74. The smallest absolute Gasteiger partial charge is 0.0622 e. The van der Waals surface area contributed by atoms with E-state index in [1.54, 1.807) is 0 Å². The van der Waals surface area contributed by atoms with E-state index < -0.39 is 0 Å². The van der Waals surface area contributed by atoms with Crippen molar-refractivity contribution in [1.82, 2.24) is 4.90 Å². The van der Waals surface area contributed by atoms with Crippen LogP contribution in [0.5, 0.6) is 0 Å². The van der Waals surface area contributed by atoms with Gasteiger partial charge in [-0.3, -0.25) is 4.90 Å². The summed E-state index contributed by atoms with van der Waals surface area (Å²) in [5, 5.41) is 0. The van der Waals surface area contributed by atoms with Crippen molar-refractivity contribution in [3.8, 4) is 0 Å². The molecule has 1 aliphatic heterocycles. The number of nitrogens with two attached hydrogens (primary N) is 1. The summed E-state index contributed by atoms with van der Waals surface area (Å²) in [4.78, 5) is 2.45. The lowest BCUT2D eigenvalue weighted by Crippen LogP contribution is -2.39. The first kappa shape index (κ1) is 9.96. The molecule has 1 fully saturated rings. The molecule has 3 nitrogen and oxygen atoms in total. The summed E-state index contributed by atoms with van der Waals surface area (Å²) in [7, 11) is 0. The van der Waals surface area contributed by atoms with Gasteiger partial charge < -0.3 is 10.5 Å². The summed E-state index contributed by atoms with van der Waals surface area (Å²) >= 11 is 0. The molecule has 0 radical (unpaired) electrons. The normalized spacial score (nSPS) is 23.8. The van der Waals surface area contributed by atoms with Crippen molar-refractivity contribution >= 4 is 0 Å². The van der Waals surface area contributed by atoms with Gasteiger partial charge in [-0.2, -0.15) is 0 Å². The van der Waals surface area contributed by atoms with Gasteiger partial charge in [0.15, 0.2) is 0 Å². The lowest BCUT2D eigenvalue weighted by Gasteiger charge is -2.26. The van der Waals surface area contributed by atoms with Crippen LogP contribution in [0.4, 0.5) is 0 Å². The summed E-state index contributed by atoms with van der Waals surface area (Å²) in [6, 6.07) is 0.633. The predicted molar refractivity (Wildman–Crippen MR) is 50.1 cm³/mol. The minimum atomic E-state index is 0.633. The molecule has 2 N–H and O–H groups in total. The number of ether oxygens (including phenoxy) is 1. The van der Waals surface area contributed by atoms with Gasteiger partial charge >= 0.3 is 0 Å². The predicted octanol–water partition coefficient (Wildman–Crippen LogP) is 0.446. The van der Waals surface area contributed by atoms with Gasteiger partial charge in [0.05, 0.1) is 6.61 Å². The van der Waals surface area contributed by atoms with E-state index in [1.165, 1.54) is 12.8 Å². The number of hydrogen-bond donors (Lipinski definition) is 1. The summed E-state index contributed by atoms with van der Waals surface area (Å²) in [5.74, 6) is 0. The molecule has 1 saturated heterocycles. The third kappa shape index (κ3) is 2.73. The summed E-state index contributed by atoms with van der Waals surface area (Å²) < 4.78 is 5.35. The van der Waals surface area contributed by atoms with Crippen molar-refractivity contribution < 1.29 is 4.74 Å². The molecule has 0 saturated carbocycles. The maximum absolute atomic E-state index is 5.54. The second-order valence-electron chi connectivity index (χ2n) is 3.34. The maximum atomic E-state index is 5.54. The first-order valence-electron chi connectivity index (χ1n) is 4.90. The molecule has 0 aromatic rings. The zero-order valence-corrected chi connectivity index (χ0v) is 7.96. The zero-order chi connectivity index (χ0) is 8.81. The Bertz CT molecular complexity index is 107. The van der Waals surface area contributed by atoms with Crippen molar-refractivity contribution in [2.24, 2.45) is 5.73 Å². The standard InChI is InChI=1S/C9H20N2O/c1-2-5-11(6-4-10)9-3-7-12-8-9/h9H,2-8,10H2,1H3. The molecule has 72 valence electrons. The minimum absolute atomic E-state index is 0.633. The molecule has 0 spiro atoms. The Morgan fingerprint density at radius 1 is 1.50 bits per heavy atom. The number of nitrogens with zero attached hydrogens (tertiary/aromatic N) is 1. The van der Waals surface area contributed by atoms with Crippen LogP contribution in [-0.2, 0) is 4.74 Å². The van der Waals surface area contributed by atoms with Gasteiger partial charge in [-0.1, -0.05) is 6.92 Å². The van der Waals surface area contributed by atoms with Crippen LogP contribution < -0.4 is 5.73 Å². The Morgan fingerprint density at radius 3 is 2.83 bits per heavy atom. The molecule has 0 bridgehead atoms. The molecular formula is C9H20N2O. The van der Waals surface area contributed by atoms with Crippen molar-refractivity contribution in [2.75, 3.05) is 32.8 Å². The van der Waals surface area contributed by atoms with Crippen LogP contribution in [-0.4, -0.2) is 43.8 Å². The summed E-state index contributed by atoms with van der Waals surface area (Å²) in [6.07, 6.45) is 2.39. The quantitative estimate of drug-likeness (QED) is 0.654. The molecule has 3 heteroatoms. The van der Waals surface area contributed by atoms with Crippen LogP contribution in [0, 0.1) is 0 Å². The van der Waals surface area contributed by atoms with Gasteiger partial charge in [0.1, 0.15) is 0 Å². The molecule has 1 rings (SSSR count). The highest BCUT2D eigenvalue weighted by molar-refractivity contribution is 4.75. The van der Waals surface area contributed by atoms with Crippen LogP contribution in [0.15, 0.2) is 0 Å². The number of rotatable bonds is 5. The monoisotopic (exact) mass is 172 g/mol. The van der Waals surface area contributed by atoms with Gasteiger partial charge in [0.25, 0.3) is 0 Å². The molecule has 1 aliphatic rings. The molecule has 1 atom stereocenters. The molecule has 0 aromatic heterocycles. The van der Waals surface area contributed by atoms with Crippen molar-refractivity contribution in [3.63, 3.8) is 0 Å². The topological polar surface area (TPSA) is 38.5 Å². The lowest BCUT2D eigenvalue weighted by molar-refractivity contribution is 0.145. The van der Waals surface area contributed by atoms with Crippen molar-refractivity contribution in [3.05, 3.63) is 0 Å². The highest BCUT2D eigenvalue weighted by atomic mass is 16.5. The fourth-order valence-electron chi connectivity index (χ4n) is 1.74. The Labute approximate surface area is 74.9 Å². The maximum Gasteiger partial charge on any atom is 0.0622 e. The molecule has 1 unspecified atom stereocenters. The van der Waals surface area contributed by atoms with E-state index in [1.807, 2.05) is 0 Å². The van der Waals surface area contributed by atoms with E-state index in [9.17, 15) is 0 Å². The fraction of sp³-hybridized carbons (Fsp3) is 1.00. The first-order chi connectivity index (χ1) is 5.88. The van der Waals surface area contributed by atoms with E-state index in [2.05, 4.69) is 11.8 Å². The third-order valence-corrected chi connectivity index (χ3v) is 2.35. The molecule has 12 heavy (non-hydrogen) atoms. The third-order valence-electron chi connectivity index (χ3n) is 2.35. The van der Waals surface area contributed by atoms with E-state index in [-0.39, 0.29) is 0 Å². The number of hydrogen-bond acceptors (Lipinski definition) is 3. The average Bonchev–Trinajstić information content (AvgIpc) is 2.56. The average molecular weight is 172 g/mol. The molecule has 0 aromatic carbocycles. The SMILES string of the molecule is CCCN(CCN)C1CCOC1. The summed E-state index contributed by atoms with van der Waals surface area (Å²) in [5.41, 5.74) is 5.54. The van der Waals surface area contributed by atoms with Gasteiger partial charge in [-0.25, -0.2) is 0 Å². The van der Waals surface area contributed by atoms with Crippen molar-refractivity contribution in [1.29, 1.82) is 0 Å².